The average molecular weight is 507 g/mol. The second-order valence-corrected chi connectivity index (χ2v) is 10.2. The van der Waals surface area contributed by atoms with Crippen molar-refractivity contribution in [2.24, 2.45) is 0 Å². The predicted octanol–water partition coefficient (Wildman–Crippen LogP) is 2.36. The molecule has 3 saturated heterocycles. The van der Waals surface area contributed by atoms with Gasteiger partial charge in [0.05, 0.1) is 0 Å². The fourth-order valence-electron chi connectivity index (χ4n) is 5.49. The van der Waals surface area contributed by atoms with Crippen molar-refractivity contribution < 1.29 is 28.6 Å². The number of nitrogens with zero attached hydrogens (tertiary/aromatic N) is 4. The van der Waals surface area contributed by atoms with Gasteiger partial charge in [-0.3, -0.25) is 9.69 Å². The first-order valence-electron chi connectivity index (χ1n) is 13.1. The van der Waals surface area contributed by atoms with E-state index >= 15 is 0 Å². The first-order chi connectivity index (χ1) is 18.0. The Kier molecular flexibility index (Phi) is 6.27. The molecule has 1 unspecified atom stereocenters. The fourth-order valence-corrected chi connectivity index (χ4v) is 5.49. The highest BCUT2D eigenvalue weighted by atomic mass is 16.8. The van der Waals surface area contributed by atoms with E-state index in [1.807, 2.05) is 24.3 Å². The fraction of sp³-hybridized carbons (Fsp3) is 0.519. The lowest BCUT2D eigenvalue weighted by atomic mass is 9.96. The predicted molar refractivity (Wildman–Crippen MR) is 131 cm³/mol. The minimum absolute atomic E-state index is 0.151. The first-order valence-corrected chi connectivity index (χ1v) is 13.1. The summed E-state index contributed by atoms with van der Waals surface area (Å²) in [6, 6.07) is 9.87. The zero-order valence-corrected chi connectivity index (χ0v) is 20.6. The Balaban J connectivity index is 1.10. The average Bonchev–Trinajstić information content (AvgIpc) is 3.47. The number of pyridine rings is 2. The second-order valence-electron chi connectivity index (χ2n) is 10.2. The lowest BCUT2D eigenvalue weighted by Gasteiger charge is -2.36. The van der Waals surface area contributed by atoms with Crippen LogP contribution in [-0.2, 0) is 30.3 Å². The molecule has 6 rings (SSSR count). The molecule has 10 nitrogen and oxygen atoms in total. The summed E-state index contributed by atoms with van der Waals surface area (Å²) in [7, 11) is 0. The van der Waals surface area contributed by atoms with Gasteiger partial charge in [0.25, 0.3) is 0 Å². The molecule has 4 fully saturated rings. The van der Waals surface area contributed by atoms with Gasteiger partial charge in [-0.2, -0.15) is 0 Å². The third-order valence-electron chi connectivity index (χ3n) is 7.74. The number of amides is 1. The van der Waals surface area contributed by atoms with Gasteiger partial charge >= 0.3 is 23.6 Å². The summed E-state index contributed by atoms with van der Waals surface area (Å²) in [4.78, 5) is 49.8. The summed E-state index contributed by atoms with van der Waals surface area (Å²) in [6.45, 7) is 3.10. The van der Waals surface area contributed by atoms with Crippen molar-refractivity contribution in [3.63, 3.8) is 0 Å². The molecule has 0 aromatic carbocycles. The summed E-state index contributed by atoms with van der Waals surface area (Å²) in [5.74, 6) is -3.09. The van der Waals surface area contributed by atoms with Crippen LogP contribution in [0.2, 0.25) is 0 Å². The number of hydrogen-bond acceptors (Lipinski definition) is 9. The van der Waals surface area contributed by atoms with Gasteiger partial charge in [0.1, 0.15) is 11.9 Å². The van der Waals surface area contributed by atoms with Crippen molar-refractivity contribution in [2.75, 3.05) is 31.1 Å². The maximum atomic E-state index is 13.3. The lowest BCUT2D eigenvalue weighted by molar-refractivity contribution is -0.193. The van der Waals surface area contributed by atoms with E-state index in [1.165, 1.54) is 11.3 Å². The zero-order chi connectivity index (χ0) is 25.4. The number of carbonyl (C=O) groups is 3. The number of esters is 2. The lowest BCUT2D eigenvalue weighted by Crippen LogP contribution is -2.55. The Morgan fingerprint density at radius 3 is 2.62 bits per heavy atom. The second kappa shape index (κ2) is 9.74. The Hall–Kier alpha value is -3.53. The van der Waals surface area contributed by atoms with Crippen LogP contribution < -0.4 is 9.64 Å². The van der Waals surface area contributed by atoms with E-state index in [-0.39, 0.29) is 6.42 Å². The molecule has 1 saturated carbocycles. The Bertz CT molecular complexity index is 1200. The summed E-state index contributed by atoms with van der Waals surface area (Å²) in [5, 5.41) is 0. The van der Waals surface area contributed by atoms with Crippen LogP contribution in [-0.4, -0.2) is 70.8 Å². The number of likely N-dealkylation sites (tertiary alicyclic amines) is 1. The SMILES string of the molecule is O=C1OC2(CCCN(c3ncccc3CCN3CCC(c4cccc(OC5CCC5)n4)C3)C2=O)OC1=O. The van der Waals surface area contributed by atoms with Gasteiger partial charge < -0.3 is 19.1 Å². The molecule has 4 aliphatic rings. The van der Waals surface area contributed by atoms with E-state index in [4.69, 9.17) is 19.2 Å². The molecule has 0 bridgehead atoms. The summed E-state index contributed by atoms with van der Waals surface area (Å²) in [6.07, 6.45) is 7.80. The standard InChI is InChI=1S/C27H30N4O6/c32-24-25(33)37-27(36-24)12-4-14-31(26(27)34)23-18(5-3-13-28-23)10-15-30-16-11-19(17-30)21-8-2-9-22(29-21)35-20-6-1-7-20/h2-3,5,8-9,13,19-20H,1,4,6-7,10-12,14-17H2. The normalized spacial score (nSPS) is 23.7. The number of aromatic nitrogens is 2. The molecule has 2 aromatic heterocycles. The smallest absolute Gasteiger partial charge is 0.421 e. The van der Waals surface area contributed by atoms with E-state index in [9.17, 15) is 14.4 Å². The van der Waals surface area contributed by atoms with Crippen LogP contribution in [0.4, 0.5) is 5.82 Å². The molecule has 1 aliphatic carbocycles. The minimum Gasteiger partial charge on any atom is -0.474 e. The Morgan fingerprint density at radius 1 is 1.00 bits per heavy atom. The van der Waals surface area contributed by atoms with Gasteiger partial charge in [-0.15, -0.1) is 0 Å². The summed E-state index contributed by atoms with van der Waals surface area (Å²) >= 11 is 0. The molecule has 1 atom stereocenters. The highest BCUT2D eigenvalue weighted by Crippen LogP contribution is 2.35. The zero-order valence-electron chi connectivity index (χ0n) is 20.6. The molecule has 0 radical (unpaired) electrons. The molecule has 1 amide bonds. The summed E-state index contributed by atoms with van der Waals surface area (Å²) < 4.78 is 16.2. The van der Waals surface area contributed by atoms with Gasteiger partial charge in [0.15, 0.2) is 0 Å². The topological polar surface area (TPSA) is 111 Å². The van der Waals surface area contributed by atoms with Crippen LogP contribution in [0.3, 0.4) is 0 Å². The Morgan fingerprint density at radius 2 is 1.84 bits per heavy atom. The van der Waals surface area contributed by atoms with Crippen LogP contribution >= 0.6 is 0 Å². The number of piperidine rings is 1. The van der Waals surface area contributed by atoms with Crippen LogP contribution in [0.15, 0.2) is 36.5 Å². The van der Waals surface area contributed by atoms with Crippen molar-refractivity contribution in [3.8, 4) is 5.88 Å². The minimum atomic E-state index is -1.87. The van der Waals surface area contributed by atoms with Crippen LogP contribution in [0, 0.1) is 0 Å². The molecular weight excluding hydrogens is 476 g/mol. The van der Waals surface area contributed by atoms with Crippen LogP contribution in [0.25, 0.3) is 0 Å². The van der Waals surface area contributed by atoms with E-state index < -0.39 is 23.6 Å². The van der Waals surface area contributed by atoms with Crippen molar-refractivity contribution in [2.45, 2.75) is 62.8 Å². The molecule has 5 heterocycles. The molecule has 37 heavy (non-hydrogen) atoms. The van der Waals surface area contributed by atoms with Gasteiger partial charge in [-0.25, -0.2) is 19.6 Å². The molecule has 0 N–H and O–H groups in total. The Labute approximate surface area is 214 Å². The first kappa shape index (κ1) is 23.8. The quantitative estimate of drug-likeness (QED) is 0.413. The summed E-state index contributed by atoms with van der Waals surface area (Å²) in [5.41, 5.74) is 1.99. The molecule has 3 aliphatic heterocycles. The number of anilines is 1. The molecular formula is C27H30N4O6. The number of rotatable bonds is 7. The molecule has 1 spiro atoms. The maximum absolute atomic E-state index is 13.3. The third kappa shape index (κ3) is 4.66. The number of ether oxygens (including phenoxy) is 3. The monoisotopic (exact) mass is 506 g/mol. The van der Waals surface area contributed by atoms with Gasteiger partial charge in [-0.05, 0) is 62.8 Å². The molecule has 194 valence electrons. The van der Waals surface area contributed by atoms with Crippen LogP contribution in [0.1, 0.15) is 55.7 Å². The van der Waals surface area contributed by atoms with E-state index in [0.717, 1.165) is 56.0 Å². The van der Waals surface area contributed by atoms with Crippen LogP contribution in [0.5, 0.6) is 5.88 Å². The van der Waals surface area contributed by atoms with Crippen molar-refractivity contribution in [1.82, 2.24) is 14.9 Å². The van der Waals surface area contributed by atoms with Crippen molar-refractivity contribution in [3.05, 3.63) is 47.8 Å². The van der Waals surface area contributed by atoms with Crippen molar-refractivity contribution >= 4 is 23.7 Å². The third-order valence-corrected chi connectivity index (χ3v) is 7.74. The largest absolute Gasteiger partial charge is 0.474 e. The highest BCUT2D eigenvalue weighted by molar-refractivity contribution is 6.32. The maximum Gasteiger partial charge on any atom is 0.421 e. The van der Waals surface area contributed by atoms with Crippen molar-refractivity contribution in [1.29, 1.82) is 0 Å². The molecule has 2 aromatic rings. The van der Waals surface area contributed by atoms with E-state index in [0.29, 0.717) is 37.2 Å². The number of carbonyl (C=O) groups excluding carboxylic acids is 3. The number of hydrogen-bond donors (Lipinski definition) is 0. The molecule has 10 heteroatoms. The van der Waals surface area contributed by atoms with E-state index in [1.54, 1.807) is 6.20 Å². The van der Waals surface area contributed by atoms with Gasteiger partial charge in [0.2, 0.25) is 5.88 Å². The van der Waals surface area contributed by atoms with E-state index in [2.05, 4.69) is 16.0 Å². The highest BCUT2D eigenvalue weighted by Gasteiger charge is 2.58. The van der Waals surface area contributed by atoms with Gasteiger partial charge in [-0.1, -0.05) is 12.1 Å². The van der Waals surface area contributed by atoms with Gasteiger partial charge in [0, 0.05) is 49.9 Å².